The smallest absolute Gasteiger partial charge is 0.131 e. The molecule has 0 saturated heterocycles. The number of nitrogens with zero attached hydrogens (tertiary/aromatic N) is 1. The van der Waals surface area contributed by atoms with Crippen LogP contribution in [0, 0.1) is 13.8 Å². The molecule has 0 unspecified atom stereocenters. The highest BCUT2D eigenvalue weighted by atomic mass is 32.1. The summed E-state index contributed by atoms with van der Waals surface area (Å²) in [4.78, 5) is 4.34. The molecule has 0 saturated carbocycles. The summed E-state index contributed by atoms with van der Waals surface area (Å²) in [5.74, 6) is 0.764. The SMILES string of the molecule is Cc1nc(COc2c(C)cccc2CO)cs1. The van der Waals surface area contributed by atoms with Crippen LogP contribution in [0.4, 0.5) is 0 Å². The van der Waals surface area contributed by atoms with E-state index < -0.39 is 0 Å². The minimum absolute atomic E-state index is 0.00684. The molecule has 1 aromatic heterocycles. The van der Waals surface area contributed by atoms with E-state index in [1.54, 1.807) is 11.3 Å². The average Bonchev–Trinajstić information content (AvgIpc) is 2.73. The van der Waals surface area contributed by atoms with Crippen molar-refractivity contribution in [1.29, 1.82) is 0 Å². The molecule has 0 bridgehead atoms. The zero-order chi connectivity index (χ0) is 12.3. The van der Waals surface area contributed by atoms with Crippen LogP contribution in [0.25, 0.3) is 0 Å². The van der Waals surface area contributed by atoms with Crippen molar-refractivity contribution in [1.82, 2.24) is 4.98 Å². The van der Waals surface area contributed by atoms with Crippen molar-refractivity contribution in [2.45, 2.75) is 27.1 Å². The summed E-state index contributed by atoms with van der Waals surface area (Å²) in [7, 11) is 0. The number of rotatable bonds is 4. The summed E-state index contributed by atoms with van der Waals surface area (Å²) in [6.07, 6.45) is 0. The second-order valence-corrected chi connectivity index (χ2v) is 4.93. The van der Waals surface area contributed by atoms with Gasteiger partial charge in [-0.1, -0.05) is 18.2 Å². The first-order valence-corrected chi connectivity index (χ1v) is 6.32. The van der Waals surface area contributed by atoms with Crippen LogP contribution in [0.5, 0.6) is 5.75 Å². The zero-order valence-electron chi connectivity index (χ0n) is 9.93. The van der Waals surface area contributed by atoms with Crippen molar-refractivity contribution >= 4 is 11.3 Å². The molecule has 0 aliphatic rings. The molecular formula is C13H15NO2S. The molecule has 0 amide bonds. The number of ether oxygens (including phenoxy) is 1. The van der Waals surface area contributed by atoms with Crippen molar-refractivity contribution in [2.24, 2.45) is 0 Å². The van der Waals surface area contributed by atoms with Crippen molar-refractivity contribution in [3.05, 3.63) is 45.4 Å². The first kappa shape index (κ1) is 12.1. The predicted molar refractivity (Wildman–Crippen MR) is 68.3 cm³/mol. The Kier molecular flexibility index (Phi) is 3.76. The van der Waals surface area contributed by atoms with Crippen LogP contribution >= 0.6 is 11.3 Å². The molecule has 0 atom stereocenters. The van der Waals surface area contributed by atoms with Crippen molar-refractivity contribution < 1.29 is 9.84 Å². The third kappa shape index (κ3) is 2.84. The van der Waals surface area contributed by atoms with Gasteiger partial charge in [0.1, 0.15) is 12.4 Å². The van der Waals surface area contributed by atoms with Gasteiger partial charge in [-0.15, -0.1) is 11.3 Å². The Bertz CT molecular complexity index is 508. The molecule has 0 aliphatic carbocycles. The Morgan fingerprint density at radius 2 is 2.18 bits per heavy atom. The van der Waals surface area contributed by atoms with E-state index in [2.05, 4.69) is 4.98 Å². The number of hydrogen-bond donors (Lipinski definition) is 1. The van der Waals surface area contributed by atoms with E-state index in [-0.39, 0.29) is 6.61 Å². The number of hydrogen-bond acceptors (Lipinski definition) is 4. The van der Waals surface area contributed by atoms with Gasteiger partial charge in [-0.3, -0.25) is 0 Å². The summed E-state index contributed by atoms with van der Waals surface area (Å²) in [6.45, 7) is 4.39. The second-order valence-electron chi connectivity index (χ2n) is 3.87. The Balaban J connectivity index is 2.13. The molecule has 2 aromatic rings. The number of aliphatic hydroxyl groups excluding tert-OH is 1. The van der Waals surface area contributed by atoms with E-state index in [4.69, 9.17) is 4.74 Å². The van der Waals surface area contributed by atoms with Crippen LogP contribution in [-0.4, -0.2) is 10.1 Å². The molecule has 4 heteroatoms. The maximum absolute atomic E-state index is 9.25. The van der Waals surface area contributed by atoms with E-state index in [9.17, 15) is 5.11 Å². The highest BCUT2D eigenvalue weighted by Crippen LogP contribution is 2.24. The van der Waals surface area contributed by atoms with E-state index in [0.29, 0.717) is 6.61 Å². The topological polar surface area (TPSA) is 42.4 Å². The third-order valence-corrected chi connectivity index (χ3v) is 3.32. The lowest BCUT2D eigenvalue weighted by molar-refractivity contribution is 0.256. The van der Waals surface area contributed by atoms with Gasteiger partial charge in [0.2, 0.25) is 0 Å². The lowest BCUT2D eigenvalue weighted by atomic mass is 10.1. The summed E-state index contributed by atoms with van der Waals surface area (Å²) in [6, 6.07) is 5.76. The summed E-state index contributed by atoms with van der Waals surface area (Å²) in [5.41, 5.74) is 2.78. The largest absolute Gasteiger partial charge is 0.487 e. The van der Waals surface area contributed by atoms with Gasteiger partial charge in [0.15, 0.2) is 0 Å². The number of para-hydroxylation sites is 1. The van der Waals surface area contributed by atoms with Gasteiger partial charge in [-0.25, -0.2) is 4.98 Å². The number of aliphatic hydroxyl groups is 1. The first-order chi connectivity index (χ1) is 8.20. The third-order valence-electron chi connectivity index (χ3n) is 2.49. The van der Waals surface area contributed by atoms with Crippen LogP contribution < -0.4 is 4.74 Å². The maximum Gasteiger partial charge on any atom is 0.131 e. The van der Waals surface area contributed by atoms with E-state index in [1.165, 1.54) is 0 Å². The number of aromatic nitrogens is 1. The molecule has 2 rings (SSSR count). The number of benzene rings is 1. The molecule has 0 spiro atoms. The Morgan fingerprint density at radius 1 is 1.35 bits per heavy atom. The minimum atomic E-state index is -0.00684. The highest BCUT2D eigenvalue weighted by Gasteiger charge is 2.07. The quantitative estimate of drug-likeness (QED) is 0.906. The lowest BCUT2D eigenvalue weighted by Gasteiger charge is -2.11. The molecule has 1 heterocycles. The Hall–Kier alpha value is -1.39. The zero-order valence-corrected chi connectivity index (χ0v) is 10.8. The highest BCUT2D eigenvalue weighted by molar-refractivity contribution is 7.09. The maximum atomic E-state index is 9.25. The molecule has 0 fully saturated rings. The van der Waals surface area contributed by atoms with E-state index >= 15 is 0 Å². The number of thiazole rings is 1. The monoisotopic (exact) mass is 249 g/mol. The van der Waals surface area contributed by atoms with Crippen LogP contribution in [-0.2, 0) is 13.2 Å². The first-order valence-electron chi connectivity index (χ1n) is 5.44. The Morgan fingerprint density at radius 3 is 2.82 bits per heavy atom. The van der Waals surface area contributed by atoms with Gasteiger partial charge in [-0.05, 0) is 19.4 Å². The minimum Gasteiger partial charge on any atom is -0.487 e. The van der Waals surface area contributed by atoms with Gasteiger partial charge >= 0.3 is 0 Å². The molecule has 90 valence electrons. The Labute approximate surface area is 105 Å². The summed E-state index contributed by atoms with van der Waals surface area (Å²) in [5, 5.41) is 12.3. The molecule has 0 radical (unpaired) electrons. The van der Waals surface area contributed by atoms with Crippen molar-refractivity contribution in [2.75, 3.05) is 0 Å². The second kappa shape index (κ2) is 5.29. The van der Waals surface area contributed by atoms with Crippen molar-refractivity contribution in [3.63, 3.8) is 0 Å². The van der Waals surface area contributed by atoms with Crippen molar-refractivity contribution in [3.8, 4) is 5.75 Å². The summed E-state index contributed by atoms with van der Waals surface area (Å²) >= 11 is 1.61. The van der Waals surface area contributed by atoms with Gasteiger partial charge in [0.05, 0.1) is 17.3 Å². The molecular weight excluding hydrogens is 234 g/mol. The normalized spacial score (nSPS) is 10.5. The predicted octanol–water partition coefficient (Wildman–Crippen LogP) is 2.83. The fourth-order valence-electron chi connectivity index (χ4n) is 1.66. The average molecular weight is 249 g/mol. The van der Waals surface area contributed by atoms with Gasteiger partial charge in [-0.2, -0.15) is 0 Å². The lowest BCUT2D eigenvalue weighted by Crippen LogP contribution is -2.01. The molecule has 1 N–H and O–H groups in total. The van der Waals surface area contributed by atoms with E-state index in [1.807, 2.05) is 37.4 Å². The fourth-order valence-corrected chi connectivity index (χ4v) is 2.26. The molecule has 3 nitrogen and oxygen atoms in total. The van der Waals surface area contributed by atoms with Crippen LogP contribution in [0.3, 0.4) is 0 Å². The van der Waals surface area contributed by atoms with Gasteiger partial charge in [0, 0.05) is 10.9 Å². The molecule has 17 heavy (non-hydrogen) atoms. The van der Waals surface area contributed by atoms with Crippen LogP contribution in [0.2, 0.25) is 0 Å². The molecule has 1 aromatic carbocycles. The van der Waals surface area contributed by atoms with Gasteiger partial charge in [0.25, 0.3) is 0 Å². The standard InChI is InChI=1S/C13H15NO2S/c1-9-4-3-5-11(6-15)13(9)16-7-12-8-17-10(2)14-12/h3-5,8,15H,6-7H2,1-2H3. The number of aryl methyl sites for hydroxylation is 2. The van der Waals surface area contributed by atoms with Gasteiger partial charge < -0.3 is 9.84 Å². The van der Waals surface area contributed by atoms with Crippen LogP contribution in [0.15, 0.2) is 23.6 Å². The van der Waals surface area contributed by atoms with Crippen LogP contribution in [0.1, 0.15) is 21.8 Å². The fraction of sp³-hybridized carbons (Fsp3) is 0.308. The van der Waals surface area contributed by atoms with E-state index in [0.717, 1.165) is 27.6 Å². The molecule has 0 aliphatic heterocycles. The summed E-state index contributed by atoms with van der Waals surface area (Å²) < 4.78 is 5.74.